The van der Waals surface area contributed by atoms with Crippen LogP contribution in [0.25, 0.3) is 0 Å². The lowest BCUT2D eigenvalue weighted by molar-refractivity contribution is 0.687. The average molecular weight is 270 g/mol. The van der Waals surface area contributed by atoms with Crippen LogP contribution in [0, 0.1) is 0 Å². The van der Waals surface area contributed by atoms with Crippen LogP contribution < -0.4 is 5.73 Å². The Labute approximate surface area is 110 Å². The number of benzene rings is 1. The molecule has 0 amide bonds. The quantitative estimate of drug-likeness (QED) is 0.928. The molecule has 1 aromatic heterocycles. The summed E-state index contributed by atoms with van der Waals surface area (Å²) in [5, 5.41) is 5.61. The number of nitrogens with two attached hydrogens (primary N) is 1. The van der Waals surface area contributed by atoms with Gasteiger partial charge in [0.25, 0.3) is 0 Å². The molecule has 5 heteroatoms. The van der Waals surface area contributed by atoms with Gasteiger partial charge in [0.15, 0.2) is 0 Å². The maximum absolute atomic E-state index is 6.20. The van der Waals surface area contributed by atoms with Crippen molar-refractivity contribution in [3.05, 3.63) is 51.8 Å². The molecule has 3 nitrogen and oxygen atoms in total. The monoisotopic (exact) mass is 269 g/mol. The van der Waals surface area contributed by atoms with E-state index in [4.69, 9.17) is 28.9 Å². The van der Waals surface area contributed by atoms with Gasteiger partial charge in [0.2, 0.25) is 0 Å². The van der Waals surface area contributed by atoms with Gasteiger partial charge in [-0.15, -0.1) is 0 Å². The van der Waals surface area contributed by atoms with Crippen molar-refractivity contribution in [1.29, 1.82) is 0 Å². The van der Waals surface area contributed by atoms with E-state index in [0.717, 1.165) is 17.5 Å². The molecule has 2 rings (SSSR count). The number of halogens is 2. The summed E-state index contributed by atoms with van der Waals surface area (Å²) in [4.78, 5) is 0. The third-order valence-electron chi connectivity index (χ3n) is 2.48. The van der Waals surface area contributed by atoms with Crippen molar-refractivity contribution in [1.82, 2.24) is 9.78 Å². The highest BCUT2D eigenvalue weighted by Gasteiger charge is 2.08. The number of nitrogens with zero attached hydrogens (tertiary/aromatic N) is 2. The second-order valence-electron chi connectivity index (χ2n) is 3.79. The summed E-state index contributed by atoms with van der Waals surface area (Å²) >= 11 is 12.1. The van der Waals surface area contributed by atoms with Crippen LogP contribution in [0.4, 0.5) is 0 Å². The Morgan fingerprint density at radius 1 is 1.29 bits per heavy atom. The van der Waals surface area contributed by atoms with Crippen LogP contribution in [-0.2, 0) is 13.0 Å². The van der Waals surface area contributed by atoms with Gasteiger partial charge < -0.3 is 5.73 Å². The highest BCUT2D eigenvalue weighted by molar-refractivity contribution is 6.30. The zero-order valence-electron chi connectivity index (χ0n) is 9.24. The predicted molar refractivity (Wildman–Crippen MR) is 70.5 cm³/mol. The van der Waals surface area contributed by atoms with E-state index in [-0.39, 0.29) is 0 Å². The molecule has 0 saturated heterocycles. The van der Waals surface area contributed by atoms with Gasteiger partial charge in [0, 0.05) is 10.6 Å². The zero-order chi connectivity index (χ0) is 12.3. The van der Waals surface area contributed by atoms with E-state index in [0.29, 0.717) is 23.3 Å². The number of hydrogen-bond acceptors (Lipinski definition) is 2. The minimum atomic E-state index is 0.572. The molecule has 1 heterocycles. The Morgan fingerprint density at radius 2 is 2.12 bits per heavy atom. The maximum Gasteiger partial charge on any atom is 0.130 e. The van der Waals surface area contributed by atoms with Crippen LogP contribution in [0.15, 0.2) is 30.5 Å². The van der Waals surface area contributed by atoms with Gasteiger partial charge in [0.1, 0.15) is 5.15 Å². The Kier molecular flexibility index (Phi) is 4.05. The van der Waals surface area contributed by atoms with Crippen molar-refractivity contribution in [3.63, 3.8) is 0 Å². The molecule has 0 aliphatic carbocycles. The number of hydrogen-bond donors (Lipinski definition) is 1. The van der Waals surface area contributed by atoms with Gasteiger partial charge in [-0.3, -0.25) is 0 Å². The van der Waals surface area contributed by atoms with Crippen molar-refractivity contribution in [3.8, 4) is 0 Å². The summed E-state index contributed by atoms with van der Waals surface area (Å²) in [6.45, 7) is 1.19. The average Bonchev–Trinajstić information content (AvgIpc) is 2.62. The van der Waals surface area contributed by atoms with Crippen LogP contribution in [0.3, 0.4) is 0 Å². The second kappa shape index (κ2) is 5.54. The summed E-state index contributed by atoms with van der Waals surface area (Å²) in [6, 6.07) is 7.65. The van der Waals surface area contributed by atoms with Crippen LogP contribution >= 0.6 is 23.2 Å². The fraction of sp³-hybridized carbons (Fsp3) is 0.250. The van der Waals surface area contributed by atoms with E-state index >= 15 is 0 Å². The van der Waals surface area contributed by atoms with Gasteiger partial charge in [-0.2, -0.15) is 5.10 Å². The van der Waals surface area contributed by atoms with Gasteiger partial charge >= 0.3 is 0 Å². The minimum absolute atomic E-state index is 0.572. The molecular formula is C12H13Cl2N3. The molecule has 0 unspecified atom stereocenters. The summed E-state index contributed by atoms with van der Waals surface area (Å²) < 4.78 is 1.75. The summed E-state index contributed by atoms with van der Waals surface area (Å²) in [5.74, 6) is 0. The Morgan fingerprint density at radius 3 is 2.82 bits per heavy atom. The van der Waals surface area contributed by atoms with E-state index in [9.17, 15) is 0 Å². The van der Waals surface area contributed by atoms with E-state index in [1.165, 1.54) is 0 Å². The predicted octanol–water partition coefficient (Wildman–Crippen LogP) is 2.74. The van der Waals surface area contributed by atoms with E-state index in [1.807, 2.05) is 24.3 Å². The van der Waals surface area contributed by atoms with Crippen molar-refractivity contribution in [2.75, 3.05) is 6.54 Å². The standard InChI is InChI=1S/C12H13Cl2N3/c13-11-3-1-2-9(6-11)8-17-12(14)10(4-5-15)7-16-17/h1-3,6-7H,4-5,8,15H2. The SMILES string of the molecule is NCCc1cnn(Cc2cccc(Cl)c2)c1Cl. The van der Waals surface area contributed by atoms with Crippen LogP contribution in [0.2, 0.25) is 10.2 Å². The normalized spacial score (nSPS) is 10.8. The molecular weight excluding hydrogens is 257 g/mol. The summed E-state index contributed by atoms with van der Waals surface area (Å²) in [5.41, 5.74) is 7.55. The maximum atomic E-state index is 6.20. The largest absolute Gasteiger partial charge is 0.330 e. The lowest BCUT2D eigenvalue weighted by atomic mass is 10.2. The van der Waals surface area contributed by atoms with Gasteiger partial charge in [0.05, 0.1) is 12.7 Å². The van der Waals surface area contributed by atoms with Crippen molar-refractivity contribution >= 4 is 23.2 Å². The molecule has 2 N–H and O–H groups in total. The Balaban J connectivity index is 2.19. The van der Waals surface area contributed by atoms with Crippen molar-refractivity contribution < 1.29 is 0 Å². The molecule has 0 atom stereocenters. The minimum Gasteiger partial charge on any atom is -0.330 e. The van der Waals surface area contributed by atoms with Gasteiger partial charge in [-0.25, -0.2) is 4.68 Å². The lowest BCUT2D eigenvalue weighted by Gasteiger charge is -2.04. The molecule has 0 bridgehead atoms. The van der Waals surface area contributed by atoms with Crippen LogP contribution in [-0.4, -0.2) is 16.3 Å². The zero-order valence-corrected chi connectivity index (χ0v) is 10.7. The first-order chi connectivity index (χ1) is 8.20. The fourth-order valence-corrected chi connectivity index (χ4v) is 2.11. The number of rotatable bonds is 4. The molecule has 0 aliphatic rings. The summed E-state index contributed by atoms with van der Waals surface area (Å²) in [7, 11) is 0. The number of aromatic nitrogens is 2. The first-order valence-corrected chi connectivity index (χ1v) is 6.11. The first-order valence-electron chi connectivity index (χ1n) is 5.35. The fourth-order valence-electron chi connectivity index (χ4n) is 1.65. The topological polar surface area (TPSA) is 43.8 Å². The van der Waals surface area contributed by atoms with Crippen molar-refractivity contribution in [2.45, 2.75) is 13.0 Å². The molecule has 0 saturated carbocycles. The molecule has 1 aromatic carbocycles. The molecule has 0 aliphatic heterocycles. The molecule has 0 fully saturated rings. The molecule has 17 heavy (non-hydrogen) atoms. The van der Waals surface area contributed by atoms with Gasteiger partial charge in [-0.05, 0) is 30.7 Å². The molecule has 90 valence electrons. The Bertz CT molecular complexity index is 508. The van der Waals surface area contributed by atoms with E-state index in [1.54, 1.807) is 10.9 Å². The molecule has 0 radical (unpaired) electrons. The third-order valence-corrected chi connectivity index (χ3v) is 3.15. The highest BCUT2D eigenvalue weighted by atomic mass is 35.5. The van der Waals surface area contributed by atoms with Crippen molar-refractivity contribution in [2.24, 2.45) is 5.73 Å². The molecule has 0 spiro atoms. The first kappa shape index (κ1) is 12.4. The summed E-state index contributed by atoms with van der Waals surface area (Å²) in [6.07, 6.45) is 2.51. The van der Waals surface area contributed by atoms with Gasteiger partial charge in [-0.1, -0.05) is 35.3 Å². The molecule has 2 aromatic rings. The third kappa shape index (κ3) is 3.00. The van der Waals surface area contributed by atoms with Crippen LogP contribution in [0.5, 0.6) is 0 Å². The van der Waals surface area contributed by atoms with E-state index < -0.39 is 0 Å². The second-order valence-corrected chi connectivity index (χ2v) is 4.58. The van der Waals surface area contributed by atoms with Crippen LogP contribution in [0.1, 0.15) is 11.1 Å². The van der Waals surface area contributed by atoms with E-state index in [2.05, 4.69) is 5.10 Å². The highest BCUT2D eigenvalue weighted by Crippen LogP contribution is 2.18. The lowest BCUT2D eigenvalue weighted by Crippen LogP contribution is -2.04. The Hall–Kier alpha value is -1.03. The smallest absolute Gasteiger partial charge is 0.130 e.